The molecule has 0 radical (unpaired) electrons. The van der Waals surface area contributed by atoms with Crippen LogP contribution in [0, 0.1) is 19.8 Å². The van der Waals surface area contributed by atoms with E-state index in [1.165, 1.54) is 12.8 Å². The molecule has 2 unspecified atom stereocenters. The highest BCUT2D eigenvalue weighted by Gasteiger charge is 2.27. The number of carbonyl (C=O) groups is 1. The third-order valence-electron chi connectivity index (χ3n) is 4.16. The topological polar surface area (TPSA) is 46.9 Å². The molecule has 1 aliphatic rings. The van der Waals surface area contributed by atoms with E-state index in [2.05, 4.69) is 10.4 Å². The van der Waals surface area contributed by atoms with E-state index in [9.17, 15) is 4.79 Å². The van der Waals surface area contributed by atoms with Gasteiger partial charge in [0, 0.05) is 24.7 Å². The first-order valence-electron chi connectivity index (χ1n) is 6.91. The molecule has 0 saturated heterocycles. The summed E-state index contributed by atoms with van der Waals surface area (Å²) in [5.74, 6) is 1.01. The van der Waals surface area contributed by atoms with Crippen LogP contribution in [0.4, 0.5) is 0 Å². The third-order valence-corrected chi connectivity index (χ3v) is 4.56. The van der Waals surface area contributed by atoms with Gasteiger partial charge in [0.15, 0.2) is 0 Å². The predicted molar refractivity (Wildman–Crippen MR) is 76.6 cm³/mol. The lowest BCUT2D eigenvalue weighted by Gasteiger charge is -2.30. The lowest BCUT2D eigenvalue weighted by molar-refractivity contribution is 0.0910. The van der Waals surface area contributed by atoms with Gasteiger partial charge in [0.1, 0.15) is 0 Å². The van der Waals surface area contributed by atoms with E-state index in [-0.39, 0.29) is 11.9 Å². The maximum absolute atomic E-state index is 12.4. The Morgan fingerprint density at radius 2 is 2.11 bits per heavy atom. The van der Waals surface area contributed by atoms with Crippen molar-refractivity contribution in [3.05, 3.63) is 17.0 Å². The largest absolute Gasteiger partial charge is 0.349 e. The van der Waals surface area contributed by atoms with Crippen molar-refractivity contribution >= 4 is 17.5 Å². The van der Waals surface area contributed by atoms with Crippen LogP contribution in [-0.2, 0) is 7.05 Å². The van der Waals surface area contributed by atoms with Crippen LogP contribution in [0.25, 0.3) is 0 Å². The van der Waals surface area contributed by atoms with Crippen LogP contribution < -0.4 is 5.32 Å². The zero-order valence-electron chi connectivity index (χ0n) is 11.9. The summed E-state index contributed by atoms with van der Waals surface area (Å²) in [6.07, 6.45) is 4.53. The number of aryl methyl sites for hydroxylation is 2. The van der Waals surface area contributed by atoms with E-state index < -0.39 is 0 Å². The summed E-state index contributed by atoms with van der Waals surface area (Å²) in [6.45, 7) is 3.80. The number of rotatable bonds is 3. The Morgan fingerprint density at radius 1 is 1.42 bits per heavy atom. The summed E-state index contributed by atoms with van der Waals surface area (Å²) in [7, 11) is 1.86. The first-order chi connectivity index (χ1) is 9.04. The van der Waals surface area contributed by atoms with E-state index in [0.29, 0.717) is 17.4 Å². The molecule has 0 spiro atoms. The monoisotopic (exact) mass is 283 g/mol. The van der Waals surface area contributed by atoms with Gasteiger partial charge in [-0.3, -0.25) is 9.48 Å². The highest BCUT2D eigenvalue weighted by atomic mass is 35.5. The predicted octanol–water partition coefficient (Wildman–Crippen LogP) is 2.56. The summed E-state index contributed by atoms with van der Waals surface area (Å²) >= 11 is 6.00. The summed E-state index contributed by atoms with van der Waals surface area (Å²) in [5, 5.41) is 7.45. The fourth-order valence-electron chi connectivity index (χ4n) is 2.93. The SMILES string of the molecule is Cc1nn(C)c(C)c1C(=O)NC1CCCCC1CCl. The molecule has 1 amide bonds. The Labute approximate surface area is 119 Å². The second-order valence-corrected chi connectivity index (χ2v) is 5.76. The van der Waals surface area contributed by atoms with Gasteiger partial charge in [0.05, 0.1) is 11.3 Å². The fraction of sp³-hybridized carbons (Fsp3) is 0.714. The van der Waals surface area contributed by atoms with Crippen molar-refractivity contribution in [2.45, 2.75) is 45.6 Å². The summed E-state index contributed by atoms with van der Waals surface area (Å²) in [4.78, 5) is 12.4. The average Bonchev–Trinajstić information content (AvgIpc) is 2.64. The number of hydrogen-bond acceptors (Lipinski definition) is 2. The molecule has 5 heteroatoms. The number of nitrogens with one attached hydrogen (secondary N) is 1. The van der Waals surface area contributed by atoms with Crippen molar-refractivity contribution in [2.75, 3.05) is 5.88 Å². The van der Waals surface area contributed by atoms with Crippen molar-refractivity contribution in [3.8, 4) is 0 Å². The molecule has 0 aromatic carbocycles. The number of hydrogen-bond donors (Lipinski definition) is 1. The lowest BCUT2D eigenvalue weighted by Crippen LogP contribution is -2.43. The van der Waals surface area contributed by atoms with Crippen LogP contribution in [0.5, 0.6) is 0 Å². The molecular formula is C14H22ClN3O. The Balaban J connectivity index is 2.12. The standard InChI is InChI=1S/C14H22ClN3O/c1-9-13(10(2)18(3)17-9)14(19)16-12-7-5-4-6-11(12)8-15/h11-12H,4-8H2,1-3H3,(H,16,19). The molecule has 0 bridgehead atoms. The summed E-state index contributed by atoms with van der Waals surface area (Å²) in [6, 6.07) is 0.206. The normalized spacial score (nSPS) is 23.4. The first kappa shape index (κ1) is 14.4. The summed E-state index contributed by atoms with van der Waals surface area (Å²) < 4.78 is 1.75. The van der Waals surface area contributed by atoms with E-state index >= 15 is 0 Å². The Kier molecular flexibility index (Phi) is 4.50. The second kappa shape index (κ2) is 5.95. The number of aromatic nitrogens is 2. The molecule has 1 aromatic heterocycles. The van der Waals surface area contributed by atoms with Gasteiger partial charge in [0.2, 0.25) is 0 Å². The number of nitrogens with zero attached hydrogens (tertiary/aromatic N) is 2. The molecule has 1 aliphatic carbocycles. The minimum Gasteiger partial charge on any atom is -0.349 e. The van der Waals surface area contributed by atoms with Gasteiger partial charge >= 0.3 is 0 Å². The highest BCUT2D eigenvalue weighted by molar-refractivity contribution is 6.18. The Morgan fingerprint density at radius 3 is 2.68 bits per heavy atom. The number of alkyl halides is 1. The van der Waals surface area contributed by atoms with Crippen molar-refractivity contribution in [2.24, 2.45) is 13.0 Å². The van der Waals surface area contributed by atoms with Crippen molar-refractivity contribution < 1.29 is 4.79 Å². The van der Waals surface area contributed by atoms with Gasteiger partial charge in [0.25, 0.3) is 5.91 Å². The highest BCUT2D eigenvalue weighted by Crippen LogP contribution is 2.26. The molecule has 2 atom stereocenters. The Hall–Kier alpha value is -1.03. The van der Waals surface area contributed by atoms with Crippen LogP contribution in [0.3, 0.4) is 0 Å². The van der Waals surface area contributed by atoms with Gasteiger partial charge < -0.3 is 5.32 Å². The van der Waals surface area contributed by atoms with Gasteiger partial charge in [-0.2, -0.15) is 5.10 Å². The summed E-state index contributed by atoms with van der Waals surface area (Å²) in [5.41, 5.74) is 2.41. The smallest absolute Gasteiger partial charge is 0.255 e. The molecule has 2 rings (SSSR count). The molecule has 106 valence electrons. The van der Waals surface area contributed by atoms with Crippen LogP contribution in [0.15, 0.2) is 0 Å². The van der Waals surface area contributed by atoms with E-state index in [0.717, 1.165) is 24.2 Å². The van der Waals surface area contributed by atoms with Gasteiger partial charge in [-0.15, -0.1) is 11.6 Å². The van der Waals surface area contributed by atoms with E-state index in [4.69, 9.17) is 11.6 Å². The molecule has 1 aromatic rings. The number of carbonyl (C=O) groups excluding carboxylic acids is 1. The van der Waals surface area contributed by atoms with Crippen molar-refractivity contribution in [1.82, 2.24) is 15.1 Å². The zero-order valence-corrected chi connectivity index (χ0v) is 12.6. The van der Waals surface area contributed by atoms with Crippen LogP contribution >= 0.6 is 11.6 Å². The Bertz CT molecular complexity index is 470. The van der Waals surface area contributed by atoms with Gasteiger partial charge in [-0.25, -0.2) is 0 Å². The van der Waals surface area contributed by atoms with Gasteiger partial charge in [-0.1, -0.05) is 12.8 Å². The minimum absolute atomic E-state index is 0.00915. The second-order valence-electron chi connectivity index (χ2n) is 5.45. The van der Waals surface area contributed by atoms with Crippen molar-refractivity contribution in [3.63, 3.8) is 0 Å². The molecular weight excluding hydrogens is 262 g/mol. The molecule has 1 fully saturated rings. The minimum atomic E-state index is -0.00915. The first-order valence-corrected chi connectivity index (χ1v) is 7.45. The molecule has 0 aliphatic heterocycles. The third kappa shape index (κ3) is 2.94. The van der Waals surface area contributed by atoms with Crippen LogP contribution in [0.1, 0.15) is 47.4 Å². The zero-order chi connectivity index (χ0) is 14.0. The molecule has 1 saturated carbocycles. The fourth-order valence-corrected chi connectivity index (χ4v) is 3.29. The van der Waals surface area contributed by atoms with Gasteiger partial charge in [-0.05, 0) is 32.6 Å². The molecule has 19 heavy (non-hydrogen) atoms. The number of amides is 1. The number of halogens is 1. The van der Waals surface area contributed by atoms with Crippen LogP contribution in [-0.4, -0.2) is 27.6 Å². The maximum atomic E-state index is 12.4. The molecule has 4 nitrogen and oxygen atoms in total. The quantitative estimate of drug-likeness (QED) is 0.867. The molecule has 1 heterocycles. The van der Waals surface area contributed by atoms with Crippen LogP contribution in [0.2, 0.25) is 0 Å². The average molecular weight is 284 g/mol. The molecule has 1 N–H and O–H groups in total. The maximum Gasteiger partial charge on any atom is 0.255 e. The van der Waals surface area contributed by atoms with Crippen molar-refractivity contribution in [1.29, 1.82) is 0 Å². The lowest BCUT2D eigenvalue weighted by atomic mass is 9.85. The van der Waals surface area contributed by atoms with E-state index in [1.807, 2.05) is 20.9 Å². The van der Waals surface area contributed by atoms with E-state index in [1.54, 1.807) is 4.68 Å².